The molecule has 128 valence electrons. The molecule has 1 N–H and O–H groups in total. The van der Waals surface area contributed by atoms with Crippen LogP contribution in [0.3, 0.4) is 0 Å². The number of amides is 1. The van der Waals surface area contributed by atoms with Gasteiger partial charge in [0.1, 0.15) is 5.69 Å². The number of nitrogens with zero attached hydrogens (tertiary/aromatic N) is 2. The molecule has 5 nitrogen and oxygen atoms in total. The van der Waals surface area contributed by atoms with Gasteiger partial charge in [-0.15, -0.1) is 11.3 Å². The van der Waals surface area contributed by atoms with E-state index >= 15 is 0 Å². The SMILES string of the molecule is Cc1c(NC(=O)/C=C/c2ccc(Br)s2)c(=O)n(-c2ccccc2)n1C. The van der Waals surface area contributed by atoms with Gasteiger partial charge in [0.15, 0.2) is 0 Å². The molecule has 0 atom stereocenters. The number of thiophene rings is 1. The number of hydrogen-bond acceptors (Lipinski definition) is 3. The van der Waals surface area contributed by atoms with Crippen LogP contribution in [0.2, 0.25) is 0 Å². The highest BCUT2D eigenvalue weighted by molar-refractivity contribution is 9.11. The standard InChI is InChI=1S/C18H16BrN3O2S/c1-12-17(20-16(23)11-9-14-8-10-15(19)25-14)18(24)22(21(12)2)13-6-4-3-5-7-13/h3-11H,1-2H3,(H,20,23)/b11-9+. The summed E-state index contributed by atoms with van der Waals surface area (Å²) in [5, 5.41) is 2.70. The van der Waals surface area contributed by atoms with Crippen LogP contribution in [-0.2, 0) is 11.8 Å². The molecule has 0 bridgehead atoms. The number of rotatable bonds is 4. The van der Waals surface area contributed by atoms with Gasteiger partial charge in [0.05, 0.1) is 15.2 Å². The summed E-state index contributed by atoms with van der Waals surface area (Å²) >= 11 is 4.91. The van der Waals surface area contributed by atoms with Gasteiger partial charge in [-0.3, -0.25) is 14.3 Å². The molecule has 0 aliphatic rings. The van der Waals surface area contributed by atoms with Crippen LogP contribution < -0.4 is 10.9 Å². The van der Waals surface area contributed by atoms with Crippen molar-refractivity contribution in [1.82, 2.24) is 9.36 Å². The van der Waals surface area contributed by atoms with Crippen molar-refractivity contribution in [1.29, 1.82) is 0 Å². The number of para-hydroxylation sites is 1. The Bertz CT molecular complexity index is 999. The smallest absolute Gasteiger partial charge is 0.295 e. The summed E-state index contributed by atoms with van der Waals surface area (Å²) < 4.78 is 4.26. The molecule has 0 saturated carbocycles. The molecule has 0 unspecified atom stereocenters. The summed E-state index contributed by atoms with van der Waals surface area (Å²) in [5.74, 6) is -0.337. The summed E-state index contributed by atoms with van der Waals surface area (Å²) in [4.78, 5) is 25.9. The maximum absolute atomic E-state index is 12.7. The van der Waals surface area contributed by atoms with Crippen LogP contribution in [0.25, 0.3) is 11.8 Å². The molecule has 3 rings (SSSR count). The summed E-state index contributed by atoms with van der Waals surface area (Å²) in [6, 6.07) is 13.1. The van der Waals surface area contributed by atoms with Crippen molar-refractivity contribution in [3.63, 3.8) is 0 Å². The van der Waals surface area contributed by atoms with Crippen LogP contribution in [-0.4, -0.2) is 15.3 Å². The van der Waals surface area contributed by atoms with E-state index in [-0.39, 0.29) is 17.2 Å². The number of nitrogens with one attached hydrogen (secondary N) is 1. The number of anilines is 1. The number of carbonyl (C=O) groups is 1. The molecule has 0 radical (unpaired) electrons. The molecule has 1 aromatic carbocycles. The van der Waals surface area contributed by atoms with Crippen molar-refractivity contribution in [3.05, 3.63) is 73.3 Å². The minimum absolute atomic E-state index is 0.258. The Labute approximate surface area is 157 Å². The fourth-order valence-corrected chi connectivity index (χ4v) is 3.78. The van der Waals surface area contributed by atoms with Crippen molar-refractivity contribution in [2.45, 2.75) is 6.92 Å². The van der Waals surface area contributed by atoms with Crippen molar-refractivity contribution in [2.75, 3.05) is 5.32 Å². The zero-order chi connectivity index (χ0) is 18.0. The minimum atomic E-state index is -0.337. The van der Waals surface area contributed by atoms with Gasteiger partial charge in [0.2, 0.25) is 5.91 Å². The first kappa shape index (κ1) is 17.4. The minimum Gasteiger partial charge on any atom is -0.316 e. The van der Waals surface area contributed by atoms with Crippen LogP contribution in [0, 0.1) is 6.92 Å². The third-order valence-corrected chi connectivity index (χ3v) is 5.38. The molecule has 7 heteroatoms. The summed E-state index contributed by atoms with van der Waals surface area (Å²) in [7, 11) is 1.79. The van der Waals surface area contributed by atoms with E-state index in [0.717, 1.165) is 14.4 Å². The quantitative estimate of drug-likeness (QED) is 0.653. The van der Waals surface area contributed by atoms with E-state index in [2.05, 4.69) is 21.2 Å². The predicted octanol–water partition coefficient (Wildman–Crippen LogP) is 3.96. The van der Waals surface area contributed by atoms with E-state index < -0.39 is 0 Å². The second-order valence-corrected chi connectivity index (χ2v) is 7.90. The van der Waals surface area contributed by atoms with Gasteiger partial charge in [-0.05, 0) is 53.2 Å². The van der Waals surface area contributed by atoms with Gasteiger partial charge in [0, 0.05) is 18.0 Å². The van der Waals surface area contributed by atoms with Crippen LogP contribution in [0.4, 0.5) is 5.69 Å². The second kappa shape index (κ2) is 7.25. The van der Waals surface area contributed by atoms with Gasteiger partial charge in [-0.25, -0.2) is 4.68 Å². The van der Waals surface area contributed by atoms with E-state index in [4.69, 9.17) is 0 Å². The van der Waals surface area contributed by atoms with Crippen LogP contribution >= 0.6 is 27.3 Å². The predicted molar refractivity (Wildman–Crippen MR) is 105 cm³/mol. The lowest BCUT2D eigenvalue weighted by Gasteiger charge is -2.07. The average molecular weight is 418 g/mol. The van der Waals surface area contributed by atoms with Crippen molar-refractivity contribution in [3.8, 4) is 5.69 Å². The number of hydrogen-bond donors (Lipinski definition) is 1. The normalized spacial score (nSPS) is 11.2. The van der Waals surface area contributed by atoms with Gasteiger partial charge in [0.25, 0.3) is 5.56 Å². The average Bonchev–Trinajstić information content (AvgIpc) is 3.11. The van der Waals surface area contributed by atoms with E-state index in [9.17, 15) is 9.59 Å². The maximum Gasteiger partial charge on any atom is 0.295 e. The van der Waals surface area contributed by atoms with Crippen molar-refractivity contribution >= 4 is 44.9 Å². The molecule has 0 saturated heterocycles. The third-order valence-electron chi connectivity index (χ3n) is 3.80. The lowest BCUT2D eigenvalue weighted by molar-refractivity contribution is -0.111. The zero-order valence-electron chi connectivity index (χ0n) is 13.7. The largest absolute Gasteiger partial charge is 0.316 e. The molecule has 0 fully saturated rings. The maximum atomic E-state index is 12.7. The van der Waals surface area contributed by atoms with Crippen molar-refractivity contribution < 1.29 is 4.79 Å². The van der Waals surface area contributed by atoms with E-state index in [1.807, 2.05) is 42.5 Å². The van der Waals surface area contributed by atoms with Gasteiger partial charge < -0.3 is 5.32 Å². The molecule has 0 aliphatic carbocycles. The molecule has 0 spiro atoms. The highest BCUT2D eigenvalue weighted by atomic mass is 79.9. The lowest BCUT2D eigenvalue weighted by Crippen LogP contribution is -2.22. The second-order valence-electron chi connectivity index (χ2n) is 5.40. The fourth-order valence-electron chi connectivity index (χ4n) is 2.45. The van der Waals surface area contributed by atoms with E-state index in [0.29, 0.717) is 5.69 Å². The zero-order valence-corrected chi connectivity index (χ0v) is 16.1. The van der Waals surface area contributed by atoms with Crippen molar-refractivity contribution in [2.24, 2.45) is 7.05 Å². The Morgan fingerprint density at radius 3 is 2.56 bits per heavy atom. The third kappa shape index (κ3) is 3.67. The van der Waals surface area contributed by atoms with E-state index in [1.165, 1.54) is 22.1 Å². The first-order valence-corrected chi connectivity index (χ1v) is 9.17. The molecular formula is C18H16BrN3O2S. The Balaban J connectivity index is 1.87. The highest BCUT2D eigenvalue weighted by Gasteiger charge is 2.17. The molecule has 2 aromatic heterocycles. The molecule has 2 heterocycles. The molecule has 0 aliphatic heterocycles. The Morgan fingerprint density at radius 2 is 1.92 bits per heavy atom. The van der Waals surface area contributed by atoms with Gasteiger partial charge >= 0.3 is 0 Å². The molecule has 25 heavy (non-hydrogen) atoms. The number of halogens is 1. The van der Waals surface area contributed by atoms with Crippen LogP contribution in [0.15, 0.2) is 57.1 Å². The Morgan fingerprint density at radius 1 is 1.20 bits per heavy atom. The number of benzene rings is 1. The highest BCUT2D eigenvalue weighted by Crippen LogP contribution is 2.23. The van der Waals surface area contributed by atoms with Gasteiger partial charge in [-0.2, -0.15) is 0 Å². The molecule has 3 aromatic rings. The van der Waals surface area contributed by atoms with Crippen LogP contribution in [0.5, 0.6) is 0 Å². The Hall–Kier alpha value is -2.38. The van der Waals surface area contributed by atoms with E-state index in [1.54, 1.807) is 24.7 Å². The fraction of sp³-hybridized carbons (Fsp3) is 0.111. The monoisotopic (exact) mass is 417 g/mol. The summed E-state index contributed by atoms with van der Waals surface area (Å²) in [6.07, 6.45) is 3.15. The summed E-state index contributed by atoms with van der Waals surface area (Å²) in [6.45, 7) is 1.80. The number of carbonyl (C=O) groups excluding carboxylic acids is 1. The van der Waals surface area contributed by atoms with Crippen LogP contribution in [0.1, 0.15) is 10.6 Å². The van der Waals surface area contributed by atoms with Gasteiger partial charge in [-0.1, -0.05) is 18.2 Å². The molecular weight excluding hydrogens is 402 g/mol. The number of aromatic nitrogens is 2. The topological polar surface area (TPSA) is 56.0 Å². The lowest BCUT2D eigenvalue weighted by atomic mass is 10.3. The first-order chi connectivity index (χ1) is 12.0. The molecule has 1 amide bonds. The summed E-state index contributed by atoms with van der Waals surface area (Å²) in [5.41, 5.74) is 1.47. The Kier molecular flexibility index (Phi) is 5.06. The first-order valence-electron chi connectivity index (χ1n) is 7.56.